The summed E-state index contributed by atoms with van der Waals surface area (Å²) in [6.07, 6.45) is 0. The number of nitrogens with zero attached hydrogens (tertiary/aromatic N) is 1. The van der Waals surface area contributed by atoms with E-state index in [9.17, 15) is 4.39 Å². The summed E-state index contributed by atoms with van der Waals surface area (Å²) in [6.45, 7) is 1.75. The standard InChI is InChI=1S/C13H13FN2/c1-9-8-10(6-7-11(9)14)12-4-3-5-13(15-2)16-12/h3-8H,1-2H3,(H,15,16). The molecule has 1 aromatic carbocycles. The van der Waals surface area contributed by atoms with Crippen molar-refractivity contribution < 1.29 is 4.39 Å². The monoisotopic (exact) mass is 216 g/mol. The molecule has 82 valence electrons. The van der Waals surface area contributed by atoms with Crippen LogP contribution in [0.3, 0.4) is 0 Å². The van der Waals surface area contributed by atoms with Crippen molar-refractivity contribution in [2.24, 2.45) is 0 Å². The molecule has 1 heterocycles. The molecule has 16 heavy (non-hydrogen) atoms. The normalized spacial score (nSPS) is 10.2. The van der Waals surface area contributed by atoms with E-state index in [2.05, 4.69) is 10.3 Å². The van der Waals surface area contributed by atoms with Gasteiger partial charge in [0.1, 0.15) is 11.6 Å². The fraction of sp³-hybridized carbons (Fsp3) is 0.154. The number of halogens is 1. The Hall–Kier alpha value is -1.90. The lowest BCUT2D eigenvalue weighted by molar-refractivity contribution is 0.619. The van der Waals surface area contributed by atoms with Crippen LogP contribution in [0.25, 0.3) is 11.3 Å². The molecule has 0 amide bonds. The highest BCUT2D eigenvalue weighted by Gasteiger charge is 2.03. The summed E-state index contributed by atoms with van der Waals surface area (Å²) in [7, 11) is 1.82. The van der Waals surface area contributed by atoms with E-state index in [1.165, 1.54) is 6.07 Å². The van der Waals surface area contributed by atoms with E-state index in [0.29, 0.717) is 5.56 Å². The van der Waals surface area contributed by atoms with Crippen LogP contribution in [0.2, 0.25) is 0 Å². The van der Waals surface area contributed by atoms with Gasteiger partial charge in [-0.2, -0.15) is 0 Å². The van der Waals surface area contributed by atoms with Crippen molar-refractivity contribution in [3.05, 3.63) is 47.8 Å². The zero-order valence-electron chi connectivity index (χ0n) is 9.29. The maximum Gasteiger partial charge on any atom is 0.126 e. The molecule has 0 aliphatic rings. The second-order valence-electron chi connectivity index (χ2n) is 3.62. The topological polar surface area (TPSA) is 24.9 Å². The van der Waals surface area contributed by atoms with Gasteiger partial charge in [-0.25, -0.2) is 9.37 Å². The largest absolute Gasteiger partial charge is 0.373 e. The first kappa shape index (κ1) is 10.6. The summed E-state index contributed by atoms with van der Waals surface area (Å²) in [5.74, 6) is 0.619. The van der Waals surface area contributed by atoms with Crippen molar-refractivity contribution in [2.75, 3.05) is 12.4 Å². The first-order chi connectivity index (χ1) is 7.70. The van der Waals surface area contributed by atoms with Gasteiger partial charge in [0.15, 0.2) is 0 Å². The number of aryl methyl sites for hydroxylation is 1. The third-order valence-electron chi connectivity index (χ3n) is 2.46. The van der Waals surface area contributed by atoms with Crippen LogP contribution in [0, 0.1) is 12.7 Å². The molecule has 2 rings (SSSR count). The summed E-state index contributed by atoms with van der Waals surface area (Å²) < 4.78 is 13.1. The van der Waals surface area contributed by atoms with Crippen LogP contribution >= 0.6 is 0 Å². The summed E-state index contributed by atoms with van der Waals surface area (Å²) in [5.41, 5.74) is 2.40. The Kier molecular flexibility index (Phi) is 2.86. The maximum atomic E-state index is 13.1. The number of anilines is 1. The molecule has 0 radical (unpaired) electrons. The van der Waals surface area contributed by atoms with E-state index in [4.69, 9.17) is 0 Å². The fourth-order valence-electron chi connectivity index (χ4n) is 1.54. The molecule has 3 heteroatoms. The Bertz CT molecular complexity index is 509. The van der Waals surface area contributed by atoms with Crippen LogP contribution < -0.4 is 5.32 Å². The second-order valence-corrected chi connectivity index (χ2v) is 3.62. The smallest absolute Gasteiger partial charge is 0.126 e. The van der Waals surface area contributed by atoms with E-state index in [0.717, 1.165) is 17.1 Å². The predicted octanol–water partition coefficient (Wildman–Crippen LogP) is 3.24. The van der Waals surface area contributed by atoms with E-state index >= 15 is 0 Å². The molecule has 2 aromatic rings. The first-order valence-electron chi connectivity index (χ1n) is 5.12. The Balaban J connectivity index is 2.46. The predicted molar refractivity (Wildman–Crippen MR) is 63.9 cm³/mol. The Morgan fingerprint density at radius 2 is 2.00 bits per heavy atom. The van der Waals surface area contributed by atoms with E-state index in [-0.39, 0.29) is 5.82 Å². The Labute approximate surface area is 94.2 Å². The molecule has 0 spiro atoms. The molecule has 0 saturated heterocycles. The number of benzene rings is 1. The number of nitrogens with one attached hydrogen (secondary N) is 1. The molecule has 0 atom stereocenters. The molecule has 1 aromatic heterocycles. The molecular weight excluding hydrogens is 203 g/mol. The van der Waals surface area contributed by atoms with Crippen molar-refractivity contribution in [2.45, 2.75) is 6.92 Å². The van der Waals surface area contributed by atoms with Crippen LogP contribution in [0.1, 0.15) is 5.56 Å². The van der Waals surface area contributed by atoms with Gasteiger partial charge in [-0.15, -0.1) is 0 Å². The van der Waals surface area contributed by atoms with Gasteiger partial charge in [-0.1, -0.05) is 6.07 Å². The SMILES string of the molecule is CNc1cccc(-c2ccc(F)c(C)c2)n1. The lowest BCUT2D eigenvalue weighted by Crippen LogP contribution is -1.93. The highest BCUT2D eigenvalue weighted by molar-refractivity contribution is 5.62. The Morgan fingerprint density at radius 1 is 1.19 bits per heavy atom. The van der Waals surface area contributed by atoms with Gasteiger partial charge in [-0.05, 0) is 42.8 Å². The lowest BCUT2D eigenvalue weighted by Gasteiger charge is -2.05. The maximum absolute atomic E-state index is 13.1. The molecule has 0 bridgehead atoms. The van der Waals surface area contributed by atoms with Crippen LogP contribution in [0.5, 0.6) is 0 Å². The molecule has 0 unspecified atom stereocenters. The number of pyridine rings is 1. The van der Waals surface area contributed by atoms with Gasteiger partial charge in [0, 0.05) is 12.6 Å². The fourth-order valence-corrected chi connectivity index (χ4v) is 1.54. The van der Waals surface area contributed by atoms with E-state index in [1.54, 1.807) is 19.1 Å². The van der Waals surface area contributed by atoms with Crippen molar-refractivity contribution in [1.82, 2.24) is 4.98 Å². The lowest BCUT2D eigenvalue weighted by atomic mass is 10.1. The highest BCUT2D eigenvalue weighted by Crippen LogP contribution is 2.21. The molecule has 0 aliphatic heterocycles. The van der Waals surface area contributed by atoms with Crippen molar-refractivity contribution in [3.63, 3.8) is 0 Å². The number of rotatable bonds is 2. The highest BCUT2D eigenvalue weighted by atomic mass is 19.1. The quantitative estimate of drug-likeness (QED) is 0.833. The molecule has 0 saturated carbocycles. The molecule has 1 N–H and O–H groups in total. The van der Waals surface area contributed by atoms with E-state index < -0.39 is 0 Å². The second kappa shape index (κ2) is 4.31. The van der Waals surface area contributed by atoms with Crippen molar-refractivity contribution in [1.29, 1.82) is 0 Å². The summed E-state index contributed by atoms with van der Waals surface area (Å²) in [6, 6.07) is 10.7. The minimum absolute atomic E-state index is 0.187. The zero-order chi connectivity index (χ0) is 11.5. The van der Waals surface area contributed by atoms with Crippen LogP contribution in [0.4, 0.5) is 10.2 Å². The van der Waals surface area contributed by atoms with Gasteiger partial charge in [-0.3, -0.25) is 0 Å². The third kappa shape index (κ3) is 2.03. The average molecular weight is 216 g/mol. The van der Waals surface area contributed by atoms with Crippen LogP contribution in [-0.2, 0) is 0 Å². The number of hydrogen-bond acceptors (Lipinski definition) is 2. The summed E-state index contributed by atoms with van der Waals surface area (Å²) in [5, 5.41) is 2.98. The minimum Gasteiger partial charge on any atom is -0.373 e. The van der Waals surface area contributed by atoms with Gasteiger partial charge in [0.05, 0.1) is 5.69 Å². The third-order valence-corrected chi connectivity index (χ3v) is 2.46. The van der Waals surface area contributed by atoms with Crippen LogP contribution in [0.15, 0.2) is 36.4 Å². The van der Waals surface area contributed by atoms with Crippen LogP contribution in [-0.4, -0.2) is 12.0 Å². The average Bonchev–Trinajstić information content (AvgIpc) is 2.33. The van der Waals surface area contributed by atoms with Gasteiger partial charge in [0.25, 0.3) is 0 Å². The number of hydrogen-bond donors (Lipinski definition) is 1. The Morgan fingerprint density at radius 3 is 2.69 bits per heavy atom. The molecule has 2 nitrogen and oxygen atoms in total. The summed E-state index contributed by atoms with van der Waals surface area (Å²) in [4.78, 5) is 4.40. The molecular formula is C13H13FN2. The molecule has 0 aliphatic carbocycles. The van der Waals surface area contributed by atoms with Gasteiger partial charge in [0.2, 0.25) is 0 Å². The number of aromatic nitrogens is 1. The van der Waals surface area contributed by atoms with Gasteiger partial charge < -0.3 is 5.32 Å². The van der Waals surface area contributed by atoms with E-state index in [1.807, 2.05) is 25.2 Å². The first-order valence-corrected chi connectivity index (χ1v) is 5.12. The zero-order valence-corrected chi connectivity index (χ0v) is 9.29. The van der Waals surface area contributed by atoms with Gasteiger partial charge >= 0.3 is 0 Å². The van der Waals surface area contributed by atoms with Crippen molar-refractivity contribution in [3.8, 4) is 11.3 Å². The minimum atomic E-state index is -0.187. The summed E-state index contributed by atoms with van der Waals surface area (Å²) >= 11 is 0. The molecule has 0 fully saturated rings. The van der Waals surface area contributed by atoms with Crippen molar-refractivity contribution >= 4 is 5.82 Å².